The van der Waals surface area contributed by atoms with Crippen LogP contribution in [0.15, 0.2) is 47.8 Å². The highest BCUT2D eigenvalue weighted by atomic mass is 32.1. The minimum absolute atomic E-state index is 0.0582. The molecule has 0 aliphatic heterocycles. The van der Waals surface area contributed by atoms with Crippen molar-refractivity contribution in [1.29, 1.82) is 0 Å². The highest BCUT2D eigenvalue weighted by molar-refractivity contribution is 7.09. The van der Waals surface area contributed by atoms with Crippen LogP contribution in [0.2, 0.25) is 0 Å². The number of benzene rings is 1. The summed E-state index contributed by atoms with van der Waals surface area (Å²) in [7, 11) is 1.96. The monoisotopic (exact) mass is 274 g/mol. The number of likely N-dealkylation sites (N-methyl/N-ethyl adjacent to an activating group) is 1. The van der Waals surface area contributed by atoms with Crippen molar-refractivity contribution < 1.29 is 4.79 Å². The molecule has 1 N–H and O–H groups in total. The van der Waals surface area contributed by atoms with E-state index in [2.05, 4.69) is 16.8 Å². The molecule has 1 heterocycles. The van der Waals surface area contributed by atoms with Gasteiger partial charge in [0.1, 0.15) is 0 Å². The fourth-order valence-electron chi connectivity index (χ4n) is 1.82. The molecule has 0 fully saturated rings. The molecular formula is C15H18N2OS. The quantitative estimate of drug-likeness (QED) is 0.878. The Kier molecular flexibility index (Phi) is 5.12. The number of hydrogen-bond acceptors (Lipinski definition) is 3. The molecule has 0 radical (unpaired) electrons. The standard InChI is InChI=1S/C15H18N2OS/c1-17(11-14-8-5-9-19-14)12-15(18)16-10-13-6-3-2-4-7-13/h2-9H,10-12H2,1H3,(H,16,18). The second-order valence-corrected chi connectivity index (χ2v) is 5.55. The Morgan fingerprint density at radius 2 is 2.00 bits per heavy atom. The maximum absolute atomic E-state index is 11.8. The number of rotatable bonds is 6. The van der Waals surface area contributed by atoms with E-state index in [1.165, 1.54) is 4.88 Å². The first-order chi connectivity index (χ1) is 9.24. The molecular weight excluding hydrogens is 256 g/mol. The van der Waals surface area contributed by atoms with E-state index < -0.39 is 0 Å². The van der Waals surface area contributed by atoms with E-state index in [-0.39, 0.29) is 5.91 Å². The smallest absolute Gasteiger partial charge is 0.234 e. The molecule has 4 heteroatoms. The van der Waals surface area contributed by atoms with E-state index in [4.69, 9.17) is 0 Å². The van der Waals surface area contributed by atoms with Crippen LogP contribution in [0, 0.1) is 0 Å². The van der Waals surface area contributed by atoms with Crippen LogP contribution in [-0.4, -0.2) is 24.4 Å². The summed E-state index contributed by atoms with van der Waals surface area (Å²) in [5, 5.41) is 4.99. The van der Waals surface area contributed by atoms with Crippen molar-refractivity contribution in [2.24, 2.45) is 0 Å². The summed E-state index contributed by atoms with van der Waals surface area (Å²) < 4.78 is 0. The molecule has 0 spiro atoms. The second kappa shape index (κ2) is 7.07. The van der Waals surface area contributed by atoms with Crippen LogP contribution in [-0.2, 0) is 17.9 Å². The number of hydrogen-bond donors (Lipinski definition) is 1. The van der Waals surface area contributed by atoms with Gasteiger partial charge in [0.25, 0.3) is 0 Å². The average molecular weight is 274 g/mol. The molecule has 0 unspecified atom stereocenters. The normalized spacial score (nSPS) is 10.6. The number of carbonyl (C=O) groups excluding carboxylic acids is 1. The molecule has 2 aromatic rings. The lowest BCUT2D eigenvalue weighted by Gasteiger charge is -2.15. The van der Waals surface area contributed by atoms with Gasteiger partial charge in [-0.1, -0.05) is 36.4 Å². The maximum atomic E-state index is 11.8. The van der Waals surface area contributed by atoms with Crippen molar-refractivity contribution >= 4 is 17.2 Å². The van der Waals surface area contributed by atoms with Crippen LogP contribution in [0.1, 0.15) is 10.4 Å². The van der Waals surface area contributed by atoms with Crippen molar-refractivity contribution in [2.75, 3.05) is 13.6 Å². The summed E-state index contributed by atoms with van der Waals surface area (Å²) in [6.45, 7) is 1.83. The number of nitrogens with one attached hydrogen (secondary N) is 1. The minimum atomic E-state index is 0.0582. The van der Waals surface area contributed by atoms with Gasteiger partial charge in [0.15, 0.2) is 0 Å². The van der Waals surface area contributed by atoms with Gasteiger partial charge in [-0.2, -0.15) is 0 Å². The number of nitrogens with zero attached hydrogens (tertiary/aromatic N) is 1. The summed E-state index contributed by atoms with van der Waals surface area (Å²) in [5.74, 6) is 0.0582. The van der Waals surface area contributed by atoms with Crippen molar-refractivity contribution in [3.63, 3.8) is 0 Å². The first kappa shape index (κ1) is 13.8. The van der Waals surface area contributed by atoms with Gasteiger partial charge in [-0.05, 0) is 24.1 Å². The summed E-state index contributed by atoms with van der Waals surface area (Å²) in [6, 6.07) is 14.1. The zero-order valence-corrected chi connectivity index (χ0v) is 11.8. The van der Waals surface area contributed by atoms with Gasteiger partial charge in [0.05, 0.1) is 6.54 Å². The Morgan fingerprint density at radius 3 is 2.68 bits per heavy atom. The molecule has 0 atom stereocenters. The predicted octanol–water partition coefficient (Wildman–Crippen LogP) is 2.50. The second-order valence-electron chi connectivity index (χ2n) is 4.51. The fraction of sp³-hybridized carbons (Fsp3) is 0.267. The Hall–Kier alpha value is -1.65. The highest BCUT2D eigenvalue weighted by Crippen LogP contribution is 2.10. The first-order valence-corrected chi connectivity index (χ1v) is 7.13. The SMILES string of the molecule is CN(CC(=O)NCc1ccccc1)Cc1cccs1. The van der Waals surface area contributed by atoms with Crippen LogP contribution < -0.4 is 5.32 Å². The summed E-state index contributed by atoms with van der Waals surface area (Å²) in [6.07, 6.45) is 0. The van der Waals surface area contributed by atoms with Gasteiger partial charge >= 0.3 is 0 Å². The van der Waals surface area contributed by atoms with Crippen LogP contribution in [0.4, 0.5) is 0 Å². The summed E-state index contributed by atoms with van der Waals surface area (Å²) >= 11 is 1.72. The molecule has 19 heavy (non-hydrogen) atoms. The van der Waals surface area contributed by atoms with Gasteiger partial charge < -0.3 is 5.32 Å². The van der Waals surface area contributed by atoms with Crippen molar-refractivity contribution in [3.05, 3.63) is 58.3 Å². The Bertz CT molecular complexity index is 496. The highest BCUT2D eigenvalue weighted by Gasteiger charge is 2.07. The third-order valence-corrected chi connectivity index (χ3v) is 3.61. The third-order valence-electron chi connectivity index (χ3n) is 2.75. The molecule has 3 nitrogen and oxygen atoms in total. The largest absolute Gasteiger partial charge is 0.351 e. The number of thiophene rings is 1. The van der Waals surface area contributed by atoms with Crippen molar-refractivity contribution in [1.82, 2.24) is 10.2 Å². The molecule has 0 saturated carbocycles. The van der Waals surface area contributed by atoms with Crippen LogP contribution in [0.25, 0.3) is 0 Å². The molecule has 100 valence electrons. The molecule has 0 aliphatic rings. The Balaban J connectivity index is 1.72. The lowest BCUT2D eigenvalue weighted by atomic mass is 10.2. The van der Waals surface area contributed by atoms with Crippen LogP contribution in [0.5, 0.6) is 0 Å². The molecule has 0 bridgehead atoms. The number of amides is 1. The Labute approximate surface area is 117 Å². The first-order valence-electron chi connectivity index (χ1n) is 6.25. The fourth-order valence-corrected chi connectivity index (χ4v) is 2.61. The molecule has 0 aliphatic carbocycles. The zero-order chi connectivity index (χ0) is 13.5. The number of carbonyl (C=O) groups is 1. The van der Waals surface area contributed by atoms with Crippen LogP contribution in [0.3, 0.4) is 0 Å². The van der Waals surface area contributed by atoms with E-state index in [0.717, 1.165) is 12.1 Å². The van der Waals surface area contributed by atoms with Gasteiger partial charge in [0.2, 0.25) is 5.91 Å². The minimum Gasteiger partial charge on any atom is -0.351 e. The third kappa shape index (κ3) is 4.85. The van der Waals surface area contributed by atoms with Crippen LogP contribution >= 0.6 is 11.3 Å². The van der Waals surface area contributed by atoms with E-state index in [9.17, 15) is 4.79 Å². The lowest BCUT2D eigenvalue weighted by molar-refractivity contribution is -0.122. The van der Waals surface area contributed by atoms with Gasteiger partial charge in [-0.15, -0.1) is 11.3 Å². The Morgan fingerprint density at radius 1 is 1.21 bits per heavy atom. The molecule has 0 saturated heterocycles. The van der Waals surface area contributed by atoms with E-state index in [0.29, 0.717) is 13.1 Å². The molecule has 1 amide bonds. The van der Waals surface area contributed by atoms with Crippen molar-refractivity contribution in [3.8, 4) is 0 Å². The summed E-state index contributed by atoms with van der Waals surface area (Å²) in [5.41, 5.74) is 1.12. The maximum Gasteiger partial charge on any atom is 0.234 e. The van der Waals surface area contributed by atoms with Gasteiger partial charge in [0, 0.05) is 18.0 Å². The van der Waals surface area contributed by atoms with E-state index >= 15 is 0 Å². The van der Waals surface area contributed by atoms with E-state index in [1.54, 1.807) is 11.3 Å². The predicted molar refractivity (Wildman–Crippen MR) is 78.9 cm³/mol. The van der Waals surface area contributed by atoms with Gasteiger partial charge in [-0.25, -0.2) is 0 Å². The zero-order valence-electron chi connectivity index (χ0n) is 11.0. The topological polar surface area (TPSA) is 32.3 Å². The van der Waals surface area contributed by atoms with E-state index in [1.807, 2.05) is 48.3 Å². The lowest BCUT2D eigenvalue weighted by Crippen LogP contribution is -2.34. The summed E-state index contributed by atoms with van der Waals surface area (Å²) in [4.78, 5) is 15.1. The molecule has 1 aromatic carbocycles. The van der Waals surface area contributed by atoms with Gasteiger partial charge in [-0.3, -0.25) is 9.69 Å². The molecule has 1 aromatic heterocycles. The average Bonchev–Trinajstić information content (AvgIpc) is 2.90. The molecule has 2 rings (SSSR count). The van der Waals surface area contributed by atoms with Crippen molar-refractivity contribution in [2.45, 2.75) is 13.1 Å².